The van der Waals surface area contributed by atoms with Gasteiger partial charge in [0, 0.05) is 0 Å². The van der Waals surface area contributed by atoms with Crippen LogP contribution in [0.15, 0.2) is 24.3 Å². The normalized spacial score (nSPS) is 10.1. The molecule has 8 heteroatoms. The van der Waals surface area contributed by atoms with E-state index in [1.165, 1.54) is 16.8 Å². The van der Waals surface area contributed by atoms with Crippen LogP contribution in [0.1, 0.15) is 22.0 Å². The number of benzene rings is 1. The Morgan fingerprint density at radius 3 is 2.86 bits per heavy atom. The summed E-state index contributed by atoms with van der Waals surface area (Å²) in [6.07, 6.45) is 0. The number of nitrogens with zero attached hydrogens (tertiary/aromatic N) is 3. The molecule has 2 rings (SSSR count). The topological polar surface area (TPSA) is 103 Å². The van der Waals surface area contributed by atoms with E-state index in [1.807, 2.05) is 0 Å². The average molecular weight is 304 g/mol. The summed E-state index contributed by atoms with van der Waals surface area (Å²) < 4.78 is 19.8. The van der Waals surface area contributed by atoms with E-state index in [-0.39, 0.29) is 37.2 Å². The molecular weight excluding hydrogens is 291 g/mol. The average Bonchev–Trinajstić information content (AvgIpc) is 2.90. The van der Waals surface area contributed by atoms with E-state index >= 15 is 0 Å². The van der Waals surface area contributed by atoms with Gasteiger partial charge in [0.05, 0.1) is 18.8 Å². The zero-order valence-electron chi connectivity index (χ0n) is 11.5. The highest BCUT2D eigenvalue weighted by Gasteiger charge is 2.12. The van der Waals surface area contributed by atoms with Gasteiger partial charge in [0.25, 0.3) is 5.91 Å². The first-order valence-corrected chi connectivity index (χ1v) is 6.31. The smallest absolute Gasteiger partial charge is 0.288 e. The zero-order valence-corrected chi connectivity index (χ0v) is 11.5. The van der Waals surface area contributed by atoms with Crippen molar-refractivity contribution in [2.75, 3.05) is 13.2 Å². The van der Waals surface area contributed by atoms with E-state index in [4.69, 9.17) is 15.6 Å². The SMILES string of the molecule is NC(=O)c1nc(C#Cc2ccccc2F)n(COCCO)n1. The minimum absolute atomic E-state index is 0.0673. The highest BCUT2D eigenvalue weighted by molar-refractivity contribution is 5.88. The van der Waals surface area contributed by atoms with Gasteiger partial charge in [-0.2, -0.15) is 4.98 Å². The molecule has 0 atom stereocenters. The third kappa shape index (κ3) is 3.88. The lowest BCUT2D eigenvalue weighted by Gasteiger charge is -2.02. The maximum absolute atomic E-state index is 13.5. The van der Waals surface area contributed by atoms with E-state index in [9.17, 15) is 9.18 Å². The van der Waals surface area contributed by atoms with E-state index in [0.29, 0.717) is 0 Å². The molecule has 1 amide bonds. The molecule has 7 nitrogen and oxygen atoms in total. The molecule has 114 valence electrons. The molecule has 0 saturated carbocycles. The quantitative estimate of drug-likeness (QED) is 0.592. The largest absolute Gasteiger partial charge is 0.394 e. The number of hydrogen-bond acceptors (Lipinski definition) is 5. The number of aromatic nitrogens is 3. The first kappa shape index (κ1) is 15.6. The highest BCUT2D eigenvalue weighted by Crippen LogP contribution is 2.05. The van der Waals surface area contributed by atoms with Gasteiger partial charge in [-0.25, -0.2) is 9.07 Å². The molecule has 1 heterocycles. The van der Waals surface area contributed by atoms with E-state index < -0.39 is 11.7 Å². The van der Waals surface area contributed by atoms with Crippen molar-refractivity contribution in [2.24, 2.45) is 5.73 Å². The maximum Gasteiger partial charge on any atom is 0.288 e. The van der Waals surface area contributed by atoms with Crippen LogP contribution in [-0.2, 0) is 11.5 Å². The molecule has 0 aliphatic heterocycles. The van der Waals surface area contributed by atoms with Gasteiger partial charge in [0.2, 0.25) is 11.6 Å². The Hall–Kier alpha value is -2.76. The molecule has 0 aliphatic rings. The van der Waals surface area contributed by atoms with Gasteiger partial charge >= 0.3 is 0 Å². The predicted octanol–water partition coefficient (Wildman–Crippen LogP) is -0.118. The molecule has 22 heavy (non-hydrogen) atoms. The van der Waals surface area contributed by atoms with Crippen molar-refractivity contribution >= 4 is 5.91 Å². The molecule has 0 saturated heterocycles. The van der Waals surface area contributed by atoms with Crippen LogP contribution in [0.3, 0.4) is 0 Å². The van der Waals surface area contributed by atoms with Gasteiger partial charge < -0.3 is 15.6 Å². The van der Waals surface area contributed by atoms with Crippen LogP contribution in [0.4, 0.5) is 4.39 Å². The summed E-state index contributed by atoms with van der Waals surface area (Å²) in [7, 11) is 0. The third-order valence-electron chi connectivity index (χ3n) is 2.52. The van der Waals surface area contributed by atoms with Crippen molar-refractivity contribution in [3.63, 3.8) is 0 Å². The molecule has 0 radical (unpaired) electrons. The Morgan fingerprint density at radius 2 is 2.18 bits per heavy atom. The van der Waals surface area contributed by atoms with Crippen molar-refractivity contribution in [3.8, 4) is 11.8 Å². The fourth-order valence-corrected chi connectivity index (χ4v) is 1.53. The van der Waals surface area contributed by atoms with Crippen LogP contribution < -0.4 is 5.73 Å². The number of amides is 1. The number of aliphatic hydroxyl groups excluding tert-OH is 1. The van der Waals surface area contributed by atoms with E-state index in [0.717, 1.165) is 0 Å². The number of halogens is 1. The molecule has 3 N–H and O–H groups in total. The Kier molecular flexibility index (Phi) is 5.19. The summed E-state index contributed by atoms with van der Waals surface area (Å²) in [5.41, 5.74) is 5.30. The van der Waals surface area contributed by atoms with Crippen LogP contribution in [0, 0.1) is 17.7 Å². The van der Waals surface area contributed by atoms with Gasteiger partial charge in [0.1, 0.15) is 12.5 Å². The number of carbonyl (C=O) groups excluding carboxylic acids is 1. The van der Waals surface area contributed by atoms with Crippen molar-refractivity contribution in [3.05, 3.63) is 47.3 Å². The molecule has 0 fully saturated rings. The number of carbonyl (C=O) groups is 1. The first-order valence-electron chi connectivity index (χ1n) is 6.31. The van der Waals surface area contributed by atoms with Crippen molar-refractivity contribution in [1.29, 1.82) is 0 Å². The molecule has 0 spiro atoms. The second-order valence-electron chi connectivity index (χ2n) is 4.11. The second kappa shape index (κ2) is 7.31. The maximum atomic E-state index is 13.5. The molecule has 1 aromatic heterocycles. The molecular formula is C14H13FN4O3. The van der Waals surface area contributed by atoms with Gasteiger partial charge in [-0.1, -0.05) is 18.1 Å². The van der Waals surface area contributed by atoms with Gasteiger partial charge in [-0.3, -0.25) is 4.79 Å². The van der Waals surface area contributed by atoms with Crippen LogP contribution in [0.25, 0.3) is 0 Å². The van der Waals surface area contributed by atoms with Gasteiger partial charge in [-0.15, -0.1) is 5.10 Å². The van der Waals surface area contributed by atoms with Crippen LogP contribution in [0.5, 0.6) is 0 Å². The van der Waals surface area contributed by atoms with Gasteiger partial charge in [-0.05, 0) is 18.1 Å². The van der Waals surface area contributed by atoms with E-state index in [1.54, 1.807) is 12.1 Å². The molecule has 0 bridgehead atoms. The predicted molar refractivity (Wildman–Crippen MR) is 74.0 cm³/mol. The monoisotopic (exact) mass is 304 g/mol. The Bertz CT molecular complexity index is 733. The van der Waals surface area contributed by atoms with Crippen molar-refractivity contribution in [2.45, 2.75) is 6.73 Å². The fourth-order valence-electron chi connectivity index (χ4n) is 1.53. The summed E-state index contributed by atoms with van der Waals surface area (Å²) >= 11 is 0. The molecule has 0 aliphatic carbocycles. The minimum Gasteiger partial charge on any atom is -0.394 e. The number of primary amides is 1. The van der Waals surface area contributed by atoms with Crippen LogP contribution in [-0.4, -0.2) is 39.0 Å². The van der Waals surface area contributed by atoms with Crippen molar-refractivity contribution < 1.29 is 19.0 Å². The third-order valence-corrected chi connectivity index (χ3v) is 2.52. The molecule has 1 aromatic carbocycles. The minimum atomic E-state index is -0.810. The lowest BCUT2D eigenvalue weighted by atomic mass is 10.2. The standard InChI is InChI=1S/C14H13FN4O3/c15-11-4-2-1-3-10(11)5-6-12-17-14(13(16)21)18-19(12)9-22-8-7-20/h1-4,20H,7-9H2,(H2,16,21). The zero-order chi connectivity index (χ0) is 15.9. The Morgan fingerprint density at radius 1 is 1.41 bits per heavy atom. The highest BCUT2D eigenvalue weighted by atomic mass is 19.1. The lowest BCUT2D eigenvalue weighted by Crippen LogP contribution is -2.14. The van der Waals surface area contributed by atoms with Crippen LogP contribution >= 0.6 is 0 Å². The summed E-state index contributed by atoms with van der Waals surface area (Å²) in [6, 6.07) is 6.00. The Labute approximate surface area is 125 Å². The summed E-state index contributed by atoms with van der Waals surface area (Å²) in [6.45, 7) is -0.137. The summed E-state index contributed by atoms with van der Waals surface area (Å²) in [5, 5.41) is 12.5. The molecule has 2 aromatic rings. The number of rotatable bonds is 5. The summed E-state index contributed by atoms with van der Waals surface area (Å²) in [5.74, 6) is 3.84. The van der Waals surface area contributed by atoms with E-state index in [2.05, 4.69) is 21.9 Å². The van der Waals surface area contributed by atoms with Crippen LogP contribution in [0.2, 0.25) is 0 Å². The molecule has 0 unspecified atom stereocenters. The second-order valence-corrected chi connectivity index (χ2v) is 4.11. The lowest BCUT2D eigenvalue weighted by molar-refractivity contribution is 0.0411. The summed E-state index contributed by atoms with van der Waals surface area (Å²) in [4.78, 5) is 15.0. The number of hydrogen-bond donors (Lipinski definition) is 2. The number of ether oxygens (including phenoxy) is 1. The van der Waals surface area contributed by atoms with Crippen molar-refractivity contribution in [1.82, 2.24) is 14.8 Å². The fraction of sp³-hybridized carbons (Fsp3) is 0.214. The first-order chi connectivity index (χ1) is 10.6. The number of nitrogens with two attached hydrogens (primary N) is 1. The number of aliphatic hydroxyl groups is 1. The Balaban J connectivity index is 2.29. The van der Waals surface area contributed by atoms with Gasteiger partial charge in [0.15, 0.2) is 0 Å².